The smallest absolute Gasteiger partial charge is 0.0507 e. The molecule has 0 saturated carbocycles. The summed E-state index contributed by atoms with van der Waals surface area (Å²) in [6, 6.07) is 2.06. The minimum atomic E-state index is 0.549. The van der Waals surface area contributed by atoms with Crippen LogP contribution in [0.2, 0.25) is 0 Å². The summed E-state index contributed by atoms with van der Waals surface area (Å²) >= 11 is 1.84. The summed E-state index contributed by atoms with van der Waals surface area (Å²) in [7, 11) is 1.97. The highest BCUT2D eigenvalue weighted by Gasteiger charge is 2.05. The molecule has 0 aliphatic heterocycles. The van der Waals surface area contributed by atoms with Crippen molar-refractivity contribution in [3.63, 3.8) is 0 Å². The van der Waals surface area contributed by atoms with Gasteiger partial charge in [0.05, 0.1) is 5.69 Å². The molecule has 1 atom stereocenters. The lowest BCUT2D eigenvalue weighted by Crippen LogP contribution is -1.99. The molecule has 10 heavy (non-hydrogen) atoms. The molecule has 1 heterocycles. The van der Waals surface area contributed by atoms with E-state index in [1.807, 2.05) is 29.7 Å². The molecule has 3 heteroatoms. The lowest BCUT2D eigenvalue weighted by molar-refractivity contribution is 0.714. The van der Waals surface area contributed by atoms with Gasteiger partial charge in [0.25, 0.3) is 0 Å². The quantitative estimate of drug-likeness (QED) is 0.650. The first-order valence-corrected chi connectivity index (χ1v) is 4.55. The second-order valence-corrected chi connectivity index (χ2v) is 3.44. The van der Waals surface area contributed by atoms with E-state index in [-0.39, 0.29) is 0 Å². The van der Waals surface area contributed by atoms with E-state index in [1.165, 1.54) is 5.69 Å². The lowest BCUT2D eigenvalue weighted by atomic mass is 10.3. The Hall–Kier alpha value is -0.440. The minimum absolute atomic E-state index is 0.549. The van der Waals surface area contributed by atoms with Gasteiger partial charge in [0, 0.05) is 18.5 Å². The van der Waals surface area contributed by atoms with E-state index in [0.29, 0.717) is 5.25 Å². The lowest BCUT2D eigenvalue weighted by Gasteiger charge is -2.06. The Balaban J connectivity index is 2.82. The Morgan fingerprint density at radius 1 is 1.70 bits per heavy atom. The topological polar surface area (TPSA) is 17.8 Å². The van der Waals surface area contributed by atoms with Crippen LogP contribution in [-0.2, 0) is 7.05 Å². The Kier molecular flexibility index (Phi) is 2.38. The standard InChI is InChI=1S/C7H12N2S/c1-6(10-3)7-4-5-8-9(7)2/h4-6H,1-3H3/t6-/m0/s1. The van der Waals surface area contributed by atoms with Gasteiger partial charge in [0.15, 0.2) is 0 Å². The highest BCUT2D eigenvalue weighted by Crippen LogP contribution is 2.23. The number of aromatic nitrogens is 2. The molecule has 0 fully saturated rings. The van der Waals surface area contributed by atoms with Crippen LogP contribution in [0.1, 0.15) is 17.9 Å². The molecular weight excluding hydrogens is 144 g/mol. The summed E-state index contributed by atoms with van der Waals surface area (Å²) in [6.07, 6.45) is 3.94. The van der Waals surface area contributed by atoms with Gasteiger partial charge in [-0.15, -0.1) is 0 Å². The van der Waals surface area contributed by atoms with Crippen molar-refractivity contribution >= 4 is 11.8 Å². The molecule has 2 nitrogen and oxygen atoms in total. The predicted molar refractivity (Wildman–Crippen MR) is 45.1 cm³/mol. The molecule has 0 aliphatic carbocycles. The number of nitrogens with zero attached hydrogens (tertiary/aromatic N) is 2. The summed E-state index contributed by atoms with van der Waals surface area (Å²) in [5.41, 5.74) is 1.28. The summed E-state index contributed by atoms with van der Waals surface area (Å²) < 4.78 is 1.92. The fourth-order valence-corrected chi connectivity index (χ4v) is 1.38. The van der Waals surface area contributed by atoms with Crippen molar-refractivity contribution in [1.82, 2.24) is 9.78 Å². The maximum atomic E-state index is 4.09. The van der Waals surface area contributed by atoms with Crippen molar-refractivity contribution in [3.8, 4) is 0 Å². The molecule has 0 saturated heterocycles. The average Bonchev–Trinajstić information content (AvgIpc) is 2.34. The van der Waals surface area contributed by atoms with Gasteiger partial charge in [0.1, 0.15) is 0 Å². The molecule has 0 unspecified atom stereocenters. The van der Waals surface area contributed by atoms with E-state index < -0.39 is 0 Å². The van der Waals surface area contributed by atoms with E-state index in [1.54, 1.807) is 0 Å². The van der Waals surface area contributed by atoms with Crippen LogP contribution >= 0.6 is 11.8 Å². The van der Waals surface area contributed by atoms with Crippen molar-refractivity contribution < 1.29 is 0 Å². The van der Waals surface area contributed by atoms with Gasteiger partial charge in [-0.2, -0.15) is 16.9 Å². The van der Waals surface area contributed by atoms with E-state index in [2.05, 4.69) is 24.3 Å². The summed E-state index contributed by atoms with van der Waals surface area (Å²) in [5, 5.41) is 4.64. The van der Waals surface area contributed by atoms with E-state index >= 15 is 0 Å². The van der Waals surface area contributed by atoms with Crippen LogP contribution in [0.25, 0.3) is 0 Å². The fourth-order valence-electron chi connectivity index (χ4n) is 0.904. The number of hydrogen-bond acceptors (Lipinski definition) is 2. The third-order valence-electron chi connectivity index (χ3n) is 1.63. The van der Waals surface area contributed by atoms with E-state index in [4.69, 9.17) is 0 Å². The Labute approximate surface area is 65.6 Å². The van der Waals surface area contributed by atoms with Crippen molar-refractivity contribution in [2.45, 2.75) is 12.2 Å². The van der Waals surface area contributed by atoms with Gasteiger partial charge >= 0.3 is 0 Å². The molecule has 0 N–H and O–H groups in total. The van der Waals surface area contributed by atoms with Gasteiger partial charge in [-0.1, -0.05) is 0 Å². The van der Waals surface area contributed by atoms with Crippen molar-refractivity contribution in [3.05, 3.63) is 18.0 Å². The molecule has 0 radical (unpaired) electrons. The van der Waals surface area contributed by atoms with Crippen LogP contribution in [0.3, 0.4) is 0 Å². The Morgan fingerprint density at radius 2 is 2.40 bits per heavy atom. The first kappa shape index (κ1) is 7.66. The SMILES string of the molecule is CS[C@@H](C)c1ccnn1C. The highest BCUT2D eigenvalue weighted by molar-refractivity contribution is 7.98. The first-order chi connectivity index (χ1) is 4.75. The van der Waals surface area contributed by atoms with E-state index in [0.717, 1.165) is 0 Å². The maximum Gasteiger partial charge on any atom is 0.0507 e. The normalized spacial score (nSPS) is 13.5. The van der Waals surface area contributed by atoms with Crippen LogP contribution in [0, 0.1) is 0 Å². The van der Waals surface area contributed by atoms with Gasteiger partial charge in [-0.3, -0.25) is 4.68 Å². The van der Waals surface area contributed by atoms with Crippen LogP contribution in [0.15, 0.2) is 12.3 Å². The maximum absolute atomic E-state index is 4.09. The Bertz CT molecular complexity index is 207. The predicted octanol–water partition coefficient (Wildman–Crippen LogP) is 1.84. The van der Waals surface area contributed by atoms with Gasteiger partial charge in [-0.25, -0.2) is 0 Å². The number of hydrogen-bond donors (Lipinski definition) is 0. The number of aryl methyl sites for hydroxylation is 1. The molecule has 1 rings (SSSR count). The zero-order valence-electron chi connectivity index (χ0n) is 6.53. The zero-order valence-corrected chi connectivity index (χ0v) is 7.35. The fraction of sp³-hybridized carbons (Fsp3) is 0.571. The largest absolute Gasteiger partial charge is 0.272 e. The summed E-state index contributed by atoms with van der Waals surface area (Å²) in [6.45, 7) is 2.18. The second-order valence-electron chi connectivity index (χ2n) is 2.26. The third-order valence-corrected chi connectivity index (χ3v) is 2.58. The Morgan fingerprint density at radius 3 is 2.80 bits per heavy atom. The molecule has 0 aliphatic rings. The molecule has 56 valence electrons. The van der Waals surface area contributed by atoms with Crippen LogP contribution < -0.4 is 0 Å². The highest BCUT2D eigenvalue weighted by atomic mass is 32.2. The van der Waals surface area contributed by atoms with Crippen molar-refractivity contribution in [2.24, 2.45) is 7.05 Å². The average molecular weight is 156 g/mol. The second kappa shape index (κ2) is 3.10. The molecule has 0 amide bonds. The van der Waals surface area contributed by atoms with E-state index in [9.17, 15) is 0 Å². The minimum Gasteiger partial charge on any atom is -0.272 e. The van der Waals surface area contributed by atoms with Gasteiger partial charge in [0.2, 0.25) is 0 Å². The number of rotatable bonds is 2. The monoisotopic (exact) mass is 156 g/mol. The van der Waals surface area contributed by atoms with Crippen molar-refractivity contribution in [1.29, 1.82) is 0 Å². The van der Waals surface area contributed by atoms with Crippen LogP contribution in [0.5, 0.6) is 0 Å². The molecule has 0 aromatic carbocycles. The molecule has 0 spiro atoms. The van der Waals surface area contributed by atoms with Gasteiger partial charge in [-0.05, 0) is 19.2 Å². The summed E-state index contributed by atoms with van der Waals surface area (Å²) in [5.74, 6) is 0. The van der Waals surface area contributed by atoms with Crippen LogP contribution in [-0.4, -0.2) is 16.0 Å². The number of thioether (sulfide) groups is 1. The first-order valence-electron chi connectivity index (χ1n) is 3.26. The molecule has 1 aromatic heterocycles. The molecular formula is C7H12N2S. The van der Waals surface area contributed by atoms with Crippen molar-refractivity contribution in [2.75, 3.05) is 6.26 Å². The van der Waals surface area contributed by atoms with Gasteiger partial charge < -0.3 is 0 Å². The van der Waals surface area contributed by atoms with Crippen LogP contribution in [0.4, 0.5) is 0 Å². The third kappa shape index (κ3) is 1.34. The summed E-state index contributed by atoms with van der Waals surface area (Å²) in [4.78, 5) is 0. The molecule has 1 aromatic rings. The zero-order chi connectivity index (χ0) is 7.56. The molecule has 0 bridgehead atoms.